The van der Waals surface area contributed by atoms with Crippen molar-refractivity contribution in [1.29, 1.82) is 0 Å². The quantitative estimate of drug-likeness (QED) is 0.496. The summed E-state index contributed by atoms with van der Waals surface area (Å²) in [5.41, 5.74) is 2.15. The third-order valence-corrected chi connectivity index (χ3v) is 5.89. The lowest BCUT2D eigenvalue weighted by Crippen LogP contribution is -2.32. The summed E-state index contributed by atoms with van der Waals surface area (Å²) in [6.07, 6.45) is 4.09. The van der Waals surface area contributed by atoms with Gasteiger partial charge < -0.3 is 24.4 Å². The molecule has 2 amide bonds. The van der Waals surface area contributed by atoms with E-state index in [4.69, 9.17) is 14.2 Å². The van der Waals surface area contributed by atoms with Crippen molar-refractivity contribution >= 4 is 11.8 Å². The van der Waals surface area contributed by atoms with Gasteiger partial charge >= 0.3 is 0 Å². The van der Waals surface area contributed by atoms with Gasteiger partial charge in [0.1, 0.15) is 0 Å². The third kappa shape index (κ3) is 5.82. The molecule has 0 spiro atoms. The van der Waals surface area contributed by atoms with Crippen LogP contribution < -0.4 is 19.5 Å². The van der Waals surface area contributed by atoms with E-state index in [0.29, 0.717) is 60.8 Å². The highest BCUT2D eigenvalue weighted by Gasteiger charge is 2.34. The number of hydrogen-bond acceptors (Lipinski definition) is 5. The van der Waals surface area contributed by atoms with E-state index in [1.54, 1.807) is 12.1 Å². The molecule has 2 fully saturated rings. The first kappa shape index (κ1) is 23.9. The minimum Gasteiger partial charge on any atom is -0.490 e. The van der Waals surface area contributed by atoms with Gasteiger partial charge in [-0.1, -0.05) is 12.1 Å². The van der Waals surface area contributed by atoms with Gasteiger partial charge in [0.25, 0.3) is 11.8 Å². The van der Waals surface area contributed by atoms with Gasteiger partial charge in [-0.3, -0.25) is 9.59 Å². The Morgan fingerprint density at radius 1 is 0.853 bits per heavy atom. The molecule has 0 heterocycles. The maximum Gasteiger partial charge on any atom is 0.254 e. The van der Waals surface area contributed by atoms with Gasteiger partial charge in [-0.15, -0.1) is 0 Å². The smallest absolute Gasteiger partial charge is 0.254 e. The topological polar surface area (TPSA) is 77.1 Å². The minimum atomic E-state index is -0.0667. The lowest BCUT2D eigenvalue weighted by atomic mass is 10.1. The molecule has 2 aliphatic carbocycles. The Morgan fingerprint density at radius 3 is 1.94 bits per heavy atom. The van der Waals surface area contributed by atoms with E-state index < -0.39 is 0 Å². The van der Waals surface area contributed by atoms with Crippen LogP contribution in [0.3, 0.4) is 0 Å². The first-order valence-electron chi connectivity index (χ1n) is 12.3. The van der Waals surface area contributed by atoms with Crippen molar-refractivity contribution in [3.8, 4) is 17.2 Å². The monoisotopic (exact) mass is 466 g/mol. The number of ether oxygens (including phenoxy) is 3. The number of nitrogens with zero attached hydrogens (tertiary/aromatic N) is 1. The van der Waals surface area contributed by atoms with Crippen molar-refractivity contribution in [2.45, 2.75) is 65.1 Å². The Balaban J connectivity index is 1.55. The zero-order valence-electron chi connectivity index (χ0n) is 20.3. The van der Waals surface area contributed by atoms with Crippen LogP contribution in [0, 0.1) is 0 Å². The summed E-state index contributed by atoms with van der Waals surface area (Å²) in [4.78, 5) is 27.8. The molecule has 0 aromatic heterocycles. The molecule has 7 heteroatoms. The summed E-state index contributed by atoms with van der Waals surface area (Å²) in [6, 6.07) is 11.6. The van der Waals surface area contributed by atoms with Gasteiger partial charge in [0, 0.05) is 29.8 Å². The van der Waals surface area contributed by atoms with Gasteiger partial charge in [0.05, 0.1) is 19.8 Å². The zero-order chi connectivity index (χ0) is 24.1. The van der Waals surface area contributed by atoms with Gasteiger partial charge in [0.2, 0.25) is 5.75 Å². The molecule has 34 heavy (non-hydrogen) atoms. The number of benzene rings is 2. The largest absolute Gasteiger partial charge is 0.490 e. The summed E-state index contributed by atoms with van der Waals surface area (Å²) in [5.74, 6) is 1.45. The predicted molar refractivity (Wildman–Crippen MR) is 130 cm³/mol. The van der Waals surface area contributed by atoms with E-state index in [0.717, 1.165) is 31.2 Å². The Bertz CT molecular complexity index is 985. The third-order valence-electron chi connectivity index (χ3n) is 5.89. The van der Waals surface area contributed by atoms with E-state index in [-0.39, 0.29) is 17.9 Å². The molecule has 0 bridgehead atoms. The molecule has 7 nitrogen and oxygen atoms in total. The molecule has 0 radical (unpaired) electrons. The molecule has 0 unspecified atom stereocenters. The lowest BCUT2D eigenvalue weighted by molar-refractivity contribution is 0.0728. The molecule has 182 valence electrons. The Labute approximate surface area is 201 Å². The van der Waals surface area contributed by atoms with E-state index in [9.17, 15) is 9.59 Å². The highest BCUT2D eigenvalue weighted by atomic mass is 16.5. The van der Waals surface area contributed by atoms with Crippen LogP contribution in [0.2, 0.25) is 0 Å². The first-order valence-corrected chi connectivity index (χ1v) is 12.3. The number of hydrogen-bond donors (Lipinski definition) is 1. The van der Waals surface area contributed by atoms with Crippen molar-refractivity contribution < 1.29 is 23.8 Å². The Hall–Kier alpha value is -3.22. The van der Waals surface area contributed by atoms with E-state index >= 15 is 0 Å². The van der Waals surface area contributed by atoms with Crippen LogP contribution in [0.25, 0.3) is 0 Å². The van der Waals surface area contributed by atoms with E-state index in [1.165, 1.54) is 0 Å². The number of rotatable bonds is 12. The highest BCUT2D eigenvalue weighted by molar-refractivity contribution is 5.96. The van der Waals surface area contributed by atoms with Crippen LogP contribution in [0.5, 0.6) is 17.2 Å². The average Bonchev–Trinajstić information content (AvgIpc) is 3.75. The fourth-order valence-electron chi connectivity index (χ4n) is 3.89. The summed E-state index contributed by atoms with van der Waals surface area (Å²) in [5, 5.41) is 3.01. The van der Waals surface area contributed by atoms with Crippen LogP contribution in [0.1, 0.15) is 72.7 Å². The van der Waals surface area contributed by atoms with Crippen LogP contribution in [-0.2, 0) is 6.54 Å². The summed E-state index contributed by atoms with van der Waals surface area (Å²) in [6.45, 7) is 7.56. The normalized spacial score (nSPS) is 14.9. The fraction of sp³-hybridized carbons (Fsp3) is 0.481. The molecule has 4 rings (SSSR count). The number of carbonyl (C=O) groups excluding carboxylic acids is 2. The van der Waals surface area contributed by atoms with Crippen molar-refractivity contribution in [1.82, 2.24) is 10.2 Å². The van der Waals surface area contributed by atoms with Crippen LogP contribution in [0.15, 0.2) is 36.4 Å². The van der Waals surface area contributed by atoms with Gasteiger partial charge in [0.15, 0.2) is 11.5 Å². The Morgan fingerprint density at radius 2 is 1.44 bits per heavy atom. The van der Waals surface area contributed by atoms with Gasteiger partial charge in [-0.2, -0.15) is 0 Å². The molecule has 0 atom stereocenters. The zero-order valence-corrected chi connectivity index (χ0v) is 20.3. The number of nitrogens with one attached hydrogen (secondary N) is 1. The molecule has 0 saturated heterocycles. The summed E-state index contributed by atoms with van der Waals surface area (Å²) in [7, 11) is 0. The van der Waals surface area contributed by atoms with Crippen LogP contribution >= 0.6 is 0 Å². The molecule has 2 aromatic carbocycles. The maximum atomic E-state index is 13.6. The minimum absolute atomic E-state index is 0.0366. The Kier molecular flexibility index (Phi) is 7.60. The number of amides is 2. The molecule has 2 saturated carbocycles. The summed E-state index contributed by atoms with van der Waals surface area (Å²) < 4.78 is 17.4. The van der Waals surface area contributed by atoms with E-state index in [1.807, 2.05) is 49.9 Å². The molecular weight excluding hydrogens is 432 g/mol. The molecule has 1 N–H and O–H groups in total. The summed E-state index contributed by atoms with van der Waals surface area (Å²) >= 11 is 0. The molecule has 0 aliphatic heterocycles. The van der Waals surface area contributed by atoms with Crippen molar-refractivity contribution in [2.75, 3.05) is 19.8 Å². The molecule has 2 aromatic rings. The molecular formula is C27H34N2O5. The molecule has 2 aliphatic rings. The first-order chi connectivity index (χ1) is 16.5. The van der Waals surface area contributed by atoms with Gasteiger partial charge in [-0.25, -0.2) is 0 Å². The second-order valence-electron chi connectivity index (χ2n) is 8.71. The second kappa shape index (κ2) is 10.8. The maximum absolute atomic E-state index is 13.6. The highest BCUT2D eigenvalue weighted by Crippen LogP contribution is 2.40. The van der Waals surface area contributed by atoms with Crippen molar-refractivity contribution in [3.05, 3.63) is 53.1 Å². The van der Waals surface area contributed by atoms with Gasteiger partial charge in [-0.05, 0) is 76.3 Å². The van der Waals surface area contributed by atoms with Crippen molar-refractivity contribution in [3.63, 3.8) is 0 Å². The average molecular weight is 467 g/mol. The lowest BCUT2D eigenvalue weighted by Gasteiger charge is -2.24. The number of carbonyl (C=O) groups is 2. The fourth-order valence-corrected chi connectivity index (χ4v) is 3.89. The predicted octanol–water partition coefficient (Wildman–Crippen LogP) is 4.58. The second-order valence-corrected chi connectivity index (χ2v) is 8.71. The standard InChI is InChI=1S/C27H34N2O5/c1-4-32-23-15-20(16-24(33-5-2)25(23)34-6-3)27(31)29(22-13-14-22)17-18-7-9-19(10-8-18)26(30)28-21-11-12-21/h7-10,15-16,21-22H,4-6,11-14,17H2,1-3H3,(H,28,30). The van der Waals surface area contributed by atoms with E-state index in [2.05, 4.69) is 5.32 Å². The van der Waals surface area contributed by atoms with Crippen LogP contribution in [-0.4, -0.2) is 48.6 Å². The van der Waals surface area contributed by atoms with Crippen LogP contribution in [0.4, 0.5) is 0 Å². The SMILES string of the molecule is CCOc1cc(C(=O)N(Cc2ccc(C(=O)NC3CC3)cc2)C2CC2)cc(OCC)c1OCC. The van der Waals surface area contributed by atoms with Crippen molar-refractivity contribution in [2.24, 2.45) is 0 Å².